The van der Waals surface area contributed by atoms with Crippen LogP contribution in [0.3, 0.4) is 0 Å². The predicted molar refractivity (Wildman–Crippen MR) is 71.9 cm³/mol. The maximum atomic E-state index is 11.2. The number of unbranched alkanes of at least 4 members (excludes halogenated alkanes) is 1. The average Bonchev–Trinajstić information content (AvgIpc) is 2.29. The van der Waals surface area contributed by atoms with E-state index in [4.69, 9.17) is 4.74 Å². The lowest BCUT2D eigenvalue weighted by atomic mass is 9.98. The Kier molecular flexibility index (Phi) is 6.65. The highest BCUT2D eigenvalue weighted by Gasteiger charge is 2.30. The van der Waals surface area contributed by atoms with Gasteiger partial charge in [-0.15, -0.1) is 0 Å². The number of halogens is 1. The first kappa shape index (κ1) is 14.2. The first-order chi connectivity index (χ1) is 7.67. The Labute approximate surface area is 111 Å². The molecule has 1 unspecified atom stereocenters. The van der Waals surface area contributed by atoms with Crippen LogP contribution in [0.4, 0.5) is 0 Å². The molecule has 0 aromatic carbocycles. The van der Waals surface area contributed by atoms with Crippen molar-refractivity contribution in [3.63, 3.8) is 0 Å². The third-order valence-electron chi connectivity index (χ3n) is 3.00. The molecule has 1 fully saturated rings. The van der Waals surface area contributed by atoms with E-state index in [1.165, 1.54) is 20.0 Å². The van der Waals surface area contributed by atoms with Crippen molar-refractivity contribution in [3.8, 4) is 0 Å². The number of carbonyl (C=O) groups is 1. The molecule has 0 radical (unpaired) electrons. The Balaban J connectivity index is 2.37. The van der Waals surface area contributed by atoms with Gasteiger partial charge < -0.3 is 9.47 Å². The van der Waals surface area contributed by atoms with Gasteiger partial charge in [-0.3, -0.25) is 4.79 Å². The van der Waals surface area contributed by atoms with E-state index in [9.17, 15) is 4.79 Å². The van der Waals surface area contributed by atoms with E-state index in [2.05, 4.69) is 34.3 Å². The summed E-state index contributed by atoms with van der Waals surface area (Å²) in [5.74, 6) is -0.161. The zero-order chi connectivity index (χ0) is 12.0. The third kappa shape index (κ3) is 4.57. The van der Waals surface area contributed by atoms with E-state index in [-0.39, 0.29) is 12.1 Å². The van der Waals surface area contributed by atoms with E-state index in [0.29, 0.717) is 16.4 Å². The molecule has 0 bridgehead atoms. The summed E-state index contributed by atoms with van der Waals surface area (Å²) in [6.07, 6.45) is 6.44. The van der Waals surface area contributed by atoms with Crippen LogP contribution in [0.1, 0.15) is 45.4 Å². The van der Waals surface area contributed by atoms with E-state index in [1.807, 2.05) is 0 Å². The minimum absolute atomic E-state index is 0.0697. The standard InChI is InChI=1S/C12H21IO3/c1-3-4-5-11-10(13)7-6-9(16-11)8-12(14)15-2/h9-11H,3-8H2,1-2H3/t9-,10?,11-/m1/s1. The molecule has 0 aromatic rings. The Bertz CT molecular complexity index is 220. The van der Waals surface area contributed by atoms with Crippen molar-refractivity contribution < 1.29 is 14.3 Å². The summed E-state index contributed by atoms with van der Waals surface area (Å²) in [7, 11) is 1.43. The third-order valence-corrected chi connectivity index (χ3v) is 4.42. The molecule has 0 amide bonds. The molecule has 4 heteroatoms. The first-order valence-electron chi connectivity index (χ1n) is 6.03. The quantitative estimate of drug-likeness (QED) is 0.438. The molecule has 0 aliphatic carbocycles. The molecule has 1 rings (SSSR count). The second-order valence-electron chi connectivity index (χ2n) is 4.31. The molecule has 1 aliphatic heterocycles. The molecule has 0 spiro atoms. The monoisotopic (exact) mass is 340 g/mol. The largest absolute Gasteiger partial charge is 0.469 e. The van der Waals surface area contributed by atoms with Gasteiger partial charge in [-0.25, -0.2) is 0 Å². The number of hydrogen-bond donors (Lipinski definition) is 0. The van der Waals surface area contributed by atoms with Gasteiger partial charge in [0.05, 0.1) is 25.7 Å². The summed E-state index contributed by atoms with van der Waals surface area (Å²) in [6, 6.07) is 0. The number of alkyl halides is 1. The number of ether oxygens (including phenoxy) is 2. The van der Waals surface area contributed by atoms with Gasteiger partial charge in [0, 0.05) is 3.92 Å². The molecule has 94 valence electrons. The van der Waals surface area contributed by atoms with Crippen LogP contribution in [0, 0.1) is 0 Å². The Morgan fingerprint density at radius 2 is 2.25 bits per heavy atom. The first-order valence-corrected chi connectivity index (χ1v) is 7.28. The van der Waals surface area contributed by atoms with Gasteiger partial charge in [-0.1, -0.05) is 42.4 Å². The van der Waals surface area contributed by atoms with Crippen LogP contribution in [-0.4, -0.2) is 29.2 Å². The summed E-state index contributed by atoms with van der Waals surface area (Å²) in [5.41, 5.74) is 0. The average molecular weight is 340 g/mol. The van der Waals surface area contributed by atoms with Gasteiger partial charge in [0.1, 0.15) is 0 Å². The van der Waals surface area contributed by atoms with Crippen molar-refractivity contribution in [2.45, 2.75) is 61.6 Å². The van der Waals surface area contributed by atoms with Crippen LogP contribution in [0.5, 0.6) is 0 Å². The zero-order valence-electron chi connectivity index (χ0n) is 10.1. The lowest BCUT2D eigenvalue weighted by Crippen LogP contribution is -2.36. The minimum atomic E-state index is -0.161. The second-order valence-corrected chi connectivity index (χ2v) is 5.91. The number of hydrogen-bond acceptors (Lipinski definition) is 3. The van der Waals surface area contributed by atoms with Crippen LogP contribution < -0.4 is 0 Å². The molecule has 3 atom stereocenters. The van der Waals surface area contributed by atoms with Gasteiger partial charge in [-0.05, 0) is 19.3 Å². The van der Waals surface area contributed by atoms with Crippen molar-refractivity contribution in [2.24, 2.45) is 0 Å². The van der Waals surface area contributed by atoms with Crippen molar-refractivity contribution in [2.75, 3.05) is 7.11 Å². The zero-order valence-corrected chi connectivity index (χ0v) is 12.2. The van der Waals surface area contributed by atoms with Gasteiger partial charge in [0.25, 0.3) is 0 Å². The number of carbonyl (C=O) groups excluding carboxylic acids is 1. The van der Waals surface area contributed by atoms with Crippen molar-refractivity contribution >= 4 is 28.6 Å². The highest BCUT2D eigenvalue weighted by atomic mass is 127. The molecule has 0 saturated carbocycles. The highest BCUT2D eigenvalue weighted by molar-refractivity contribution is 14.1. The predicted octanol–water partition coefficient (Wildman–Crippen LogP) is 3.09. The topological polar surface area (TPSA) is 35.5 Å². The van der Waals surface area contributed by atoms with Crippen LogP contribution in [-0.2, 0) is 14.3 Å². The summed E-state index contributed by atoms with van der Waals surface area (Å²) >= 11 is 2.47. The van der Waals surface area contributed by atoms with Crippen LogP contribution in [0.25, 0.3) is 0 Å². The van der Waals surface area contributed by atoms with E-state index in [1.54, 1.807) is 0 Å². The van der Waals surface area contributed by atoms with Gasteiger partial charge in [0.15, 0.2) is 0 Å². The van der Waals surface area contributed by atoms with E-state index in [0.717, 1.165) is 19.3 Å². The second kappa shape index (κ2) is 7.48. The molecule has 1 heterocycles. The molecule has 3 nitrogen and oxygen atoms in total. The van der Waals surface area contributed by atoms with Gasteiger partial charge in [-0.2, -0.15) is 0 Å². The van der Waals surface area contributed by atoms with Crippen molar-refractivity contribution in [3.05, 3.63) is 0 Å². The fourth-order valence-corrected chi connectivity index (χ4v) is 2.89. The normalized spacial score (nSPS) is 30.1. The summed E-state index contributed by atoms with van der Waals surface area (Å²) in [5, 5.41) is 0. The maximum Gasteiger partial charge on any atom is 0.308 e. The summed E-state index contributed by atoms with van der Waals surface area (Å²) in [6.45, 7) is 2.19. The van der Waals surface area contributed by atoms with Gasteiger partial charge >= 0.3 is 5.97 Å². The number of rotatable bonds is 5. The summed E-state index contributed by atoms with van der Waals surface area (Å²) < 4.78 is 11.2. The molecular weight excluding hydrogens is 319 g/mol. The molecule has 0 aromatic heterocycles. The van der Waals surface area contributed by atoms with E-state index < -0.39 is 0 Å². The Morgan fingerprint density at radius 3 is 2.88 bits per heavy atom. The fraction of sp³-hybridized carbons (Fsp3) is 0.917. The SMILES string of the molecule is CCCC[C@H]1O[C@@H](CC(=O)OC)CCC1I. The molecule has 1 aliphatic rings. The summed E-state index contributed by atoms with van der Waals surface area (Å²) in [4.78, 5) is 11.2. The number of esters is 1. The van der Waals surface area contributed by atoms with Gasteiger partial charge in [0.2, 0.25) is 0 Å². The molecular formula is C12H21IO3. The maximum absolute atomic E-state index is 11.2. The van der Waals surface area contributed by atoms with Crippen molar-refractivity contribution in [1.29, 1.82) is 0 Å². The molecule has 1 saturated heterocycles. The highest BCUT2D eigenvalue weighted by Crippen LogP contribution is 2.30. The van der Waals surface area contributed by atoms with Crippen molar-refractivity contribution in [1.82, 2.24) is 0 Å². The lowest BCUT2D eigenvalue weighted by Gasteiger charge is -2.33. The molecule has 0 N–H and O–H groups in total. The van der Waals surface area contributed by atoms with Crippen LogP contribution in [0.15, 0.2) is 0 Å². The minimum Gasteiger partial charge on any atom is -0.469 e. The number of methoxy groups -OCH3 is 1. The Hall–Kier alpha value is 0.160. The van der Waals surface area contributed by atoms with Crippen LogP contribution in [0.2, 0.25) is 0 Å². The molecule has 16 heavy (non-hydrogen) atoms. The van der Waals surface area contributed by atoms with E-state index >= 15 is 0 Å². The lowest BCUT2D eigenvalue weighted by molar-refractivity contribution is -0.146. The van der Waals surface area contributed by atoms with Crippen LogP contribution >= 0.6 is 22.6 Å². The smallest absolute Gasteiger partial charge is 0.308 e. The Morgan fingerprint density at radius 1 is 1.50 bits per heavy atom. The fourth-order valence-electron chi connectivity index (χ4n) is 2.01.